The Labute approximate surface area is 286 Å². The van der Waals surface area contributed by atoms with Crippen molar-refractivity contribution < 1.29 is 4.79 Å². The number of fused-ring (bicyclic) bond motifs is 11. The zero-order valence-electron chi connectivity index (χ0n) is 26.2. The fourth-order valence-electron chi connectivity index (χ4n) is 8.49. The van der Waals surface area contributed by atoms with Crippen LogP contribution in [0.2, 0.25) is 0 Å². The number of carbonyl (C=O) groups excluding carboxylic acids is 1. The van der Waals surface area contributed by atoms with Crippen LogP contribution in [0.1, 0.15) is 21.8 Å². The van der Waals surface area contributed by atoms with Crippen LogP contribution in [0.25, 0.3) is 71.6 Å². The van der Waals surface area contributed by atoms with Crippen LogP contribution >= 0.6 is 11.3 Å². The molecule has 0 saturated carbocycles. The monoisotopic (exact) mass is 645 g/mol. The Hall–Kier alpha value is -6.04. The van der Waals surface area contributed by atoms with E-state index in [1.165, 1.54) is 54.9 Å². The van der Waals surface area contributed by atoms with E-state index in [9.17, 15) is 4.79 Å². The highest BCUT2D eigenvalue weighted by atomic mass is 32.1. The Bertz CT molecular complexity index is 2700. The van der Waals surface area contributed by atoms with Gasteiger partial charge in [-0.15, -0.1) is 0 Å². The highest BCUT2D eigenvalue weighted by Crippen LogP contribution is 2.55. The molecule has 0 saturated heterocycles. The van der Waals surface area contributed by atoms with Gasteiger partial charge in [-0.1, -0.05) is 78.9 Å². The molecule has 0 radical (unpaired) electrons. The summed E-state index contributed by atoms with van der Waals surface area (Å²) in [6.07, 6.45) is 5.96. The maximum absolute atomic E-state index is 14.5. The van der Waals surface area contributed by atoms with Crippen LogP contribution < -0.4 is 4.90 Å². The van der Waals surface area contributed by atoms with Crippen molar-refractivity contribution in [1.82, 2.24) is 4.57 Å². The van der Waals surface area contributed by atoms with Gasteiger partial charge in [0.1, 0.15) is 0 Å². The number of anilines is 1. The van der Waals surface area contributed by atoms with Gasteiger partial charge in [0.15, 0.2) is 0 Å². The first-order valence-electron chi connectivity index (χ1n) is 16.6. The SMILES string of the molecule is O=C1c2ccccc2-n2c3ccc(-c4cc(-c5ccccc5)cc(-c5ccccc5)c4)cc3c3c4cscc4c4c(c32)N1C1C=CN=CC41. The molecule has 0 N–H and O–H groups in total. The summed E-state index contributed by atoms with van der Waals surface area (Å²) in [5.41, 5.74) is 13.2. The number of para-hydroxylation sites is 1. The summed E-state index contributed by atoms with van der Waals surface area (Å²) in [6.45, 7) is 0. The lowest BCUT2D eigenvalue weighted by Gasteiger charge is -2.25. The minimum atomic E-state index is -0.112. The predicted molar refractivity (Wildman–Crippen MR) is 203 cm³/mol. The number of benzene rings is 6. The van der Waals surface area contributed by atoms with Crippen molar-refractivity contribution in [3.05, 3.63) is 155 Å². The summed E-state index contributed by atoms with van der Waals surface area (Å²) < 4.78 is 2.35. The van der Waals surface area contributed by atoms with Gasteiger partial charge in [0.25, 0.3) is 5.91 Å². The fourth-order valence-corrected chi connectivity index (χ4v) is 9.33. The third-order valence-electron chi connectivity index (χ3n) is 10.6. The average molecular weight is 646 g/mol. The minimum Gasteiger partial charge on any atom is -0.306 e. The van der Waals surface area contributed by atoms with E-state index in [0.717, 1.165) is 33.5 Å². The summed E-state index contributed by atoms with van der Waals surface area (Å²) in [6, 6.07) is 43.0. The third-order valence-corrected chi connectivity index (χ3v) is 11.3. The minimum absolute atomic E-state index is 0.00914. The molecule has 3 aliphatic heterocycles. The van der Waals surface area contributed by atoms with Gasteiger partial charge in [-0.05, 0) is 104 Å². The molecule has 5 heterocycles. The number of aromatic nitrogens is 1. The van der Waals surface area contributed by atoms with E-state index in [1.54, 1.807) is 11.3 Å². The van der Waals surface area contributed by atoms with Gasteiger partial charge in [-0.25, -0.2) is 0 Å². The second-order valence-electron chi connectivity index (χ2n) is 13.1. The number of amides is 1. The zero-order valence-corrected chi connectivity index (χ0v) is 27.1. The molecule has 0 aliphatic carbocycles. The van der Waals surface area contributed by atoms with Gasteiger partial charge in [0.05, 0.1) is 34.0 Å². The van der Waals surface area contributed by atoms with Gasteiger partial charge in [-0.2, -0.15) is 11.3 Å². The number of hydrogen-bond donors (Lipinski definition) is 0. The summed E-state index contributed by atoms with van der Waals surface area (Å²) >= 11 is 1.73. The maximum atomic E-state index is 14.5. The largest absolute Gasteiger partial charge is 0.306 e. The van der Waals surface area contributed by atoms with Crippen LogP contribution in [0.4, 0.5) is 5.69 Å². The van der Waals surface area contributed by atoms with Crippen molar-refractivity contribution in [2.75, 3.05) is 4.90 Å². The zero-order chi connectivity index (χ0) is 32.2. The average Bonchev–Trinajstić information content (AvgIpc) is 3.85. The van der Waals surface area contributed by atoms with E-state index in [2.05, 4.69) is 134 Å². The first-order chi connectivity index (χ1) is 24.2. The summed E-state index contributed by atoms with van der Waals surface area (Å²) in [4.78, 5) is 21.2. The van der Waals surface area contributed by atoms with Crippen LogP contribution in [-0.2, 0) is 0 Å². The standard InChI is InChI=1S/C44H27N3OS/c48-44-32-13-7-8-14-37(32)46-38-16-15-28(31-20-29(26-9-3-1-4-10-26)19-30(21-31)27-11-5-2-6-12-27)22-33(38)40-35-24-49-25-36(35)41-34-23-45-18-17-39(34)47(44)43(41)42(40)46/h1-25,34,39H. The van der Waals surface area contributed by atoms with E-state index in [4.69, 9.17) is 0 Å². The van der Waals surface area contributed by atoms with E-state index >= 15 is 0 Å². The molecule has 11 rings (SSSR count). The van der Waals surface area contributed by atoms with Gasteiger partial charge in [0.2, 0.25) is 0 Å². The molecule has 2 aromatic heterocycles. The molecular weight excluding hydrogens is 619 g/mol. The van der Waals surface area contributed by atoms with Crippen molar-refractivity contribution in [3.8, 4) is 39.1 Å². The number of nitrogens with zero attached hydrogens (tertiary/aromatic N) is 3. The van der Waals surface area contributed by atoms with E-state index in [0.29, 0.717) is 0 Å². The van der Waals surface area contributed by atoms with E-state index in [1.807, 2.05) is 30.6 Å². The molecule has 6 aromatic carbocycles. The Kier molecular flexibility index (Phi) is 5.50. The molecule has 2 atom stereocenters. The lowest BCUT2D eigenvalue weighted by atomic mass is 9.90. The highest BCUT2D eigenvalue weighted by Gasteiger charge is 2.46. The van der Waals surface area contributed by atoms with Crippen LogP contribution in [0.3, 0.4) is 0 Å². The van der Waals surface area contributed by atoms with Gasteiger partial charge < -0.3 is 4.57 Å². The summed E-state index contributed by atoms with van der Waals surface area (Å²) in [7, 11) is 0. The molecule has 0 fully saturated rings. The predicted octanol–water partition coefficient (Wildman–Crippen LogP) is 11.0. The summed E-state index contributed by atoms with van der Waals surface area (Å²) in [5, 5.41) is 9.39. The summed E-state index contributed by atoms with van der Waals surface area (Å²) in [5.74, 6) is 0.0506. The van der Waals surface area contributed by atoms with E-state index < -0.39 is 0 Å². The molecule has 2 unspecified atom stereocenters. The second kappa shape index (κ2) is 9.99. The van der Waals surface area contributed by atoms with Crippen molar-refractivity contribution >= 4 is 61.7 Å². The first-order valence-corrected chi connectivity index (χ1v) is 17.6. The molecule has 49 heavy (non-hydrogen) atoms. The number of hydrogen-bond acceptors (Lipinski definition) is 3. The Morgan fingerprint density at radius 3 is 2.06 bits per heavy atom. The quantitative estimate of drug-likeness (QED) is 0.188. The molecule has 4 nitrogen and oxygen atoms in total. The molecule has 3 aliphatic rings. The van der Waals surface area contributed by atoms with Crippen molar-refractivity contribution in [2.45, 2.75) is 12.0 Å². The van der Waals surface area contributed by atoms with E-state index in [-0.39, 0.29) is 17.9 Å². The first kappa shape index (κ1) is 27.0. The number of aliphatic imine (C=N–C) groups is 1. The third kappa shape index (κ3) is 3.68. The fraction of sp³-hybridized carbons (Fsp3) is 0.0455. The van der Waals surface area contributed by atoms with Crippen molar-refractivity contribution in [1.29, 1.82) is 0 Å². The van der Waals surface area contributed by atoms with Crippen LogP contribution in [0, 0.1) is 0 Å². The van der Waals surface area contributed by atoms with Gasteiger partial charge in [-0.3, -0.25) is 14.7 Å². The number of carbonyl (C=O) groups is 1. The number of thiophene rings is 1. The van der Waals surface area contributed by atoms with Crippen molar-refractivity contribution in [2.24, 2.45) is 4.99 Å². The second-order valence-corrected chi connectivity index (χ2v) is 13.9. The van der Waals surface area contributed by atoms with Gasteiger partial charge in [0, 0.05) is 34.5 Å². The normalized spacial score (nSPS) is 17.2. The molecule has 8 aromatic rings. The van der Waals surface area contributed by atoms with Crippen molar-refractivity contribution in [3.63, 3.8) is 0 Å². The van der Waals surface area contributed by atoms with Crippen LogP contribution in [0.15, 0.2) is 149 Å². The molecule has 0 bridgehead atoms. The van der Waals surface area contributed by atoms with Gasteiger partial charge >= 0.3 is 0 Å². The molecule has 0 spiro atoms. The molecule has 1 amide bonds. The van der Waals surface area contributed by atoms with Crippen LogP contribution in [-0.4, -0.2) is 22.7 Å². The molecule has 5 heteroatoms. The van der Waals surface area contributed by atoms with Crippen LogP contribution in [0.5, 0.6) is 0 Å². The Balaban J connectivity index is 1.25. The number of rotatable bonds is 3. The molecular formula is C44H27N3OS. The highest BCUT2D eigenvalue weighted by molar-refractivity contribution is 7.09. The molecule has 230 valence electrons. The Morgan fingerprint density at radius 2 is 1.31 bits per heavy atom. The topological polar surface area (TPSA) is 37.6 Å². The lowest BCUT2D eigenvalue weighted by molar-refractivity contribution is 0.0984. The smallest absolute Gasteiger partial charge is 0.261 e. The lowest BCUT2D eigenvalue weighted by Crippen LogP contribution is -2.38. The Morgan fingerprint density at radius 1 is 0.633 bits per heavy atom. The maximum Gasteiger partial charge on any atom is 0.261 e.